The third kappa shape index (κ3) is 3.61. The third-order valence-corrected chi connectivity index (χ3v) is 5.83. The number of anilines is 1. The molecule has 0 saturated carbocycles. The first-order valence-corrected chi connectivity index (χ1v) is 10.0. The first-order chi connectivity index (χ1) is 13.2. The summed E-state index contributed by atoms with van der Waals surface area (Å²) in [6, 6.07) is 7.89. The molecule has 28 heavy (non-hydrogen) atoms. The summed E-state index contributed by atoms with van der Waals surface area (Å²) in [6.07, 6.45) is 0.139. The number of hydrogen-bond donors (Lipinski definition) is 2. The SMILES string of the molecule is CC(C)(C)OC(=O)N1CC[C@H]1C(=O)NC1Nc2ccc3cc(F)ccc3c2S1. The van der Waals surface area contributed by atoms with Gasteiger partial charge in [-0.05, 0) is 56.2 Å². The van der Waals surface area contributed by atoms with Crippen molar-refractivity contribution in [3.63, 3.8) is 0 Å². The molecule has 2 aromatic rings. The van der Waals surface area contributed by atoms with E-state index >= 15 is 0 Å². The van der Waals surface area contributed by atoms with Crippen molar-refractivity contribution in [1.82, 2.24) is 10.2 Å². The number of ether oxygens (including phenoxy) is 1. The van der Waals surface area contributed by atoms with E-state index in [2.05, 4.69) is 10.6 Å². The van der Waals surface area contributed by atoms with Crippen molar-refractivity contribution in [1.29, 1.82) is 0 Å². The number of nitrogens with zero attached hydrogens (tertiary/aromatic N) is 1. The highest BCUT2D eigenvalue weighted by Crippen LogP contribution is 2.42. The Balaban J connectivity index is 1.42. The van der Waals surface area contributed by atoms with Gasteiger partial charge in [0.25, 0.3) is 0 Å². The molecule has 0 radical (unpaired) electrons. The number of rotatable bonds is 2. The van der Waals surface area contributed by atoms with Gasteiger partial charge >= 0.3 is 6.09 Å². The minimum atomic E-state index is -0.598. The lowest BCUT2D eigenvalue weighted by molar-refractivity contribution is -0.130. The number of halogens is 1. The van der Waals surface area contributed by atoms with Gasteiger partial charge < -0.3 is 15.4 Å². The van der Waals surface area contributed by atoms with E-state index in [4.69, 9.17) is 4.74 Å². The highest BCUT2D eigenvalue weighted by molar-refractivity contribution is 8.00. The zero-order valence-corrected chi connectivity index (χ0v) is 16.7. The predicted octanol–water partition coefficient (Wildman–Crippen LogP) is 3.91. The van der Waals surface area contributed by atoms with Crippen molar-refractivity contribution in [2.75, 3.05) is 11.9 Å². The molecule has 4 rings (SSSR count). The Labute approximate surface area is 166 Å². The number of thioether (sulfide) groups is 1. The van der Waals surface area contributed by atoms with Crippen LogP contribution in [0.5, 0.6) is 0 Å². The Hall–Kier alpha value is -2.48. The Bertz CT molecular complexity index is 960. The lowest BCUT2D eigenvalue weighted by atomic mass is 10.0. The smallest absolute Gasteiger partial charge is 0.410 e. The molecule has 1 fully saturated rings. The maximum atomic E-state index is 13.5. The zero-order valence-electron chi connectivity index (χ0n) is 15.9. The second-order valence-corrected chi connectivity index (χ2v) is 9.05. The maximum absolute atomic E-state index is 13.5. The van der Waals surface area contributed by atoms with Crippen molar-refractivity contribution >= 4 is 40.2 Å². The average molecular weight is 403 g/mol. The fourth-order valence-electron chi connectivity index (χ4n) is 3.29. The molecule has 8 heteroatoms. The van der Waals surface area contributed by atoms with Crippen molar-refractivity contribution < 1.29 is 18.7 Å². The van der Waals surface area contributed by atoms with Crippen LogP contribution in [0.4, 0.5) is 14.9 Å². The van der Waals surface area contributed by atoms with Crippen LogP contribution in [-0.2, 0) is 9.53 Å². The quantitative estimate of drug-likeness (QED) is 0.796. The van der Waals surface area contributed by atoms with E-state index in [-0.39, 0.29) is 17.2 Å². The van der Waals surface area contributed by atoms with Crippen LogP contribution in [-0.4, -0.2) is 40.6 Å². The lowest BCUT2D eigenvalue weighted by Crippen LogP contribution is -2.60. The summed E-state index contributed by atoms with van der Waals surface area (Å²) in [4.78, 5) is 27.3. The second-order valence-electron chi connectivity index (χ2n) is 7.94. The van der Waals surface area contributed by atoms with Crippen LogP contribution < -0.4 is 10.6 Å². The first-order valence-electron chi connectivity index (χ1n) is 9.17. The summed E-state index contributed by atoms with van der Waals surface area (Å²) in [7, 11) is 0. The second kappa shape index (κ2) is 6.84. The van der Waals surface area contributed by atoms with Gasteiger partial charge in [0.2, 0.25) is 5.91 Å². The Morgan fingerprint density at radius 3 is 2.75 bits per heavy atom. The summed E-state index contributed by atoms with van der Waals surface area (Å²) in [6.45, 7) is 5.90. The molecule has 2 amide bonds. The molecular weight excluding hydrogens is 381 g/mol. The minimum absolute atomic E-state index is 0.217. The van der Waals surface area contributed by atoms with Gasteiger partial charge in [-0.25, -0.2) is 9.18 Å². The van der Waals surface area contributed by atoms with E-state index in [1.807, 2.05) is 12.1 Å². The minimum Gasteiger partial charge on any atom is -0.444 e. The molecule has 2 atom stereocenters. The van der Waals surface area contributed by atoms with E-state index < -0.39 is 17.7 Å². The number of carbonyl (C=O) groups excluding carboxylic acids is 2. The summed E-state index contributed by atoms with van der Waals surface area (Å²) in [5, 5.41) is 7.95. The molecule has 0 bridgehead atoms. The molecule has 0 aromatic heterocycles. The topological polar surface area (TPSA) is 70.7 Å². The van der Waals surface area contributed by atoms with Gasteiger partial charge in [0.15, 0.2) is 5.50 Å². The number of amides is 2. The molecule has 2 aliphatic heterocycles. The van der Waals surface area contributed by atoms with Crippen LogP contribution in [0.1, 0.15) is 27.2 Å². The maximum Gasteiger partial charge on any atom is 0.410 e. The number of nitrogens with one attached hydrogen (secondary N) is 2. The zero-order chi connectivity index (χ0) is 20.1. The van der Waals surface area contributed by atoms with Gasteiger partial charge in [-0.3, -0.25) is 9.69 Å². The number of hydrogen-bond acceptors (Lipinski definition) is 5. The lowest BCUT2D eigenvalue weighted by Gasteiger charge is -2.40. The van der Waals surface area contributed by atoms with Gasteiger partial charge in [0.1, 0.15) is 17.5 Å². The summed E-state index contributed by atoms with van der Waals surface area (Å²) in [5.74, 6) is -0.495. The molecule has 2 aromatic carbocycles. The van der Waals surface area contributed by atoms with Crippen molar-refractivity contribution in [3.8, 4) is 0 Å². The van der Waals surface area contributed by atoms with Gasteiger partial charge in [-0.15, -0.1) is 0 Å². The largest absolute Gasteiger partial charge is 0.444 e. The number of likely N-dealkylation sites (tertiary alicyclic amines) is 1. The summed E-state index contributed by atoms with van der Waals surface area (Å²) in [5.41, 5.74) is -0.0510. The van der Waals surface area contributed by atoms with E-state index in [1.165, 1.54) is 28.8 Å². The van der Waals surface area contributed by atoms with Gasteiger partial charge in [0, 0.05) is 11.4 Å². The average Bonchev–Trinajstić information content (AvgIpc) is 2.94. The molecule has 2 heterocycles. The molecular formula is C20H22FN3O3S. The molecule has 1 saturated heterocycles. The summed E-state index contributed by atoms with van der Waals surface area (Å²) >= 11 is 1.47. The molecule has 2 aliphatic rings. The molecule has 0 spiro atoms. The Morgan fingerprint density at radius 2 is 2.07 bits per heavy atom. The van der Waals surface area contributed by atoms with Crippen molar-refractivity contribution in [2.24, 2.45) is 0 Å². The normalized spacial score (nSPS) is 20.9. The van der Waals surface area contributed by atoms with E-state index in [0.29, 0.717) is 13.0 Å². The van der Waals surface area contributed by atoms with Gasteiger partial charge in [-0.2, -0.15) is 0 Å². The van der Waals surface area contributed by atoms with Crippen LogP contribution in [0.15, 0.2) is 35.2 Å². The van der Waals surface area contributed by atoms with E-state index in [0.717, 1.165) is 21.4 Å². The number of fused-ring (bicyclic) bond motifs is 3. The van der Waals surface area contributed by atoms with Crippen LogP contribution in [0, 0.1) is 5.82 Å². The van der Waals surface area contributed by atoms with Gasteiger partial charge in [0.05, 0.1) is 5.69 Å². The predicted molar refractivity (Wildman–Crippen MR) is 107 cm³/mol. The molecule has 2 N–H and O–H groups in total. The van der Waals surface area contributed by atoms with Crippen molar-refractivity contribution in [3.05, 3.63) is 36.1 Å². The van der Waals surface area contributed by atoms with Crippen LogP contribution >= 0.6 is 11.8 Å². The van der Waals surface area contributed by atoms with Crippen LogP contribution in [0.25, 0.3) is 10.8 Å². The molecule has 148 valence electrons. The molecule has 6 nitrogen and oxygen atoms in total. The number of benzene rings is 2. The fourth-order valence-corrected chi connectivity index (χ4v) is 4.45. The third-order valence-electron chi connectivity index (χ3n) is 4.68. The highest BCUT2D eigenvalue weighted by atomic mass is 32.2. The van der Waals surface area contributed by atoms with E-state index in [9.17, 15) is 14.0 Å². The summed E-state index contributed by atoms with van der Waals surface area (Å²) < 4.78 is 18.8. The number of carbonyl (C=O) groups is 2. The standard InChI is InChI=1S/C20H22FN3O3S/c1-20(2,3)27-19(26)24-9-8-15(24)17(25)23-18-22-14-7-4-11-10-12(21)5-6-13(11)16(14)28-18/h4-7,10,15,18,22H,8-9H2,1-3H3,(H,23,25)/t15-,18?/m0/s1. The Kier molecular flexibility index (Phi) is 4.61. The highest BCUT2D eigenvalue weighted by Gasteiger charge is 2.41. The van der Waals surface area contributed by atoms with E-state index in [1.54, 1.807) is 26.8 Å². The Morgan fingerprint density at radius 1 is 1.29 bits per heavy atom. The van der Waals surface area contributed by atoms with Crippen LogP contribution in [0.3, 0.4) is 0 Å². The van der Waals surface area contributed by atoms with Gasteiger partial charge in [-0.1, -0.05) is 23.9 Å². The molecule has 0 aliphatic carbocycles. The monoisotopic (exact) mass is 403 g/mol. The first kappa shape index (κ1) is 18.9. The van der Waals surface area contributed by atoms with Crippen molar-refractivity contribution in [2.45, 2.75) is 49.2 Å². The molecule has 1 unspecified atom stereocenters. The fraction of sp³-hybridized carbons (Fsp3) is 0.400. The van der Waals surface area contributed by atoms with Crippen LogP contribution in [0.2, 0.25) is 0 Å².